The maximum Gasteiger partial charge on any atom is 0.475 e. The van der Waals surface area contributed by atoms with Crippen LogP contribution >= 0.6 is 7.82 Å². The van der Waals surface area contributed by atoms with Gasteiger partial charge in [-0.15, -0.1) is 0 Å². The summed E-state index contributed by atoms with van der Waals surface area (Å²) in [7, 11) is -5.35. The van der Waals surface area contributed by atoms with Crippen molar-refractivity contribution >= 4 is 25.6 Å². The van der Waals surface area contributed by atoms with Crippen molar-refractivity contribution in [3.05, 3.63) is 0 Å². The highest BCUT2D eigenvalue weighted by molar-refractivity contribution is 7.47. The summed E-state index contributed by atoms with van der Waals surface area (Å²) in [6.07, 6.45) is -13.8. The Morgan fingerprint density at radius 2 is 1.33 bits per heavy atom. The van der Waals surface area contributed by atoms with Crippen molar-refractivity contribution in [1.29, 1.82) is 0 Å². The Hall–Kier alpha value is -1.76. The molecule has 8 N–H and O–H groups in total. The molecule has 0 aromatic heterocycles. The second-order valence-electron chi connectivity index (χ2n) is 8.13. The average Bonchev–Trinajstić information content (AvgIpc) is 2.76. The number of phosphoric ester groups is 1. The molecule has 2 saturated heterocycles. The largest absolute Gasteiger partial charge is 0.475 e. The van der Waals surface area contributed by atoms with E-state index in [1.807, 2.05) is 0 Å². The lowest BCUT2D eigenvalue weighted by molar-refractivity contribution is -0.263. The molecule has 2 heterocycles. The topological polar surface area (TPSA) is 260 Å². The second kappa shape index (κ2) is 12.7. The van der Waals surface area contributed by atoms with E-state index in [2.05, 4.69) is 10.6 Å². The van der Waals surface area contributed by atoms with Gasteiger partial charge in [-0.05, 0) is 0 Å². The van der Waals surface area contributed by atoms with Gasteiger partial charge in [-0.3, -0.25) is 23.4 Å². The third kappa shape index (κ3) is 7.62. The molecule has 2 amide bonds. The highest BCUT2D eigenvalue weighted by Crippen LogP contribution is 2.49. The van der Waals surface area contributed by atoms with Gasteiger partial charge in [0.15, 0.2) is 18.7 Å². The third-order valence-electron chi connectivity index (χ3n) is 5.26. The predicted octanol–water partition coefficient (Wildman–Crippen LogP) is -4.42. The van der Waals surface area contributed by atoms with Gasteiger partial charge in [0.05, 0.1) is 13.2 Å². The zero-order chi connectivity index (χ0) is 27.4. The van der Waals surface area contributed by atoms with Crippen molar-refractivity contribution in [1.82, 2.24) is 10.6 Å². The number of phosphoric acid groups is 1. The fourth-order valence-electron chi connectivity index (χ4n) is 3.78. The first-order valence-corrected chi connectivity index (χ1v) is 12.2. The number of esters is 1. The van der Waals surface area contributed by atoms with Gasteiger partial charge in [0.2, 0.25) is 11.8 Å². The summed E-state index contributed by atoms with van der Waals surface area (Å²) in [4.78, 5) is 45.3. The van der Waals surface area contributed by atoms with Crippen LogP contribution in [0.5, 0.6) is 0 Å². The summed E-state index contributed by atoms with van der Waals surface area (Å²) in [5.74, 6) is -2.37. The van der Waals surface area contributed by atoms with Crippen LogP contribution in [0, 0.1) is 0 Å². The van der Waals surface area contributed by atoms with E-state index in [1.54, 1.807) is 0 Å². The molecule has 36 heavy (non-hydrogen) atoms. The number of hydrogen-bond donors (Lipinski definition) is 8. The van der Waals surface area contributed by atoms with Gasteiger partial charge in [0.1, 0.15) is 42.6 Å². The van der Waals surface area contributed by atoms with Crippen LogP contribution in [0.3, 0.4) is 0 Å². The molecule has 1 unspecified atom stereocenters. The summed E-state index contributed by atoms with van der Waals surface area (Å²) in [6, 6.07) is -3.17. The molecular weight excluding hydrogens is 515 g/mol. The Balaban J connectivity index is 2.35. The van der Waals surface area contributed by atoms with Crippen LogP contribution in [0.4, 0.5) is 0 Å². The SMILES string of the molecule is CC(=O)N[C@@H]1[C@@H](OP(=O)(O)O[C@H]2O[C@H](CO)[C@H](O)[C@H](OC(C)=O)[C@H]2NC(C)=O)[C@@H](O)[C@@H](CO)O[C@H]1O. The van der Waals surface area contributed by atoms with E-state index in [9.17, 15) is 49.4 Å². The first-order chi connectivity index (χ1) is 16.7. The lowest BCUT2D eigenvalue weighted by atomic mass is 9.96. The quantitative estimate of drug-likeness (QED) is 0.100. The van der Waals surface area contributed by atoms with Crippen molar-refractivity contribution < 1.29 is 72.6 Å². The van der Waals surface area contributed by atoms with Crippen molar-refractivity contribution in [2.24, 2.45) is 0 Å². The standard InChI is InChI=1S/C18H31N2O15P/c1-6(23)19-11-16(14(27)9(4-21)32-17(11)28)34-36(29,30)35-18-12(20-7(2)24)15(31-8(3)25)13(26)10(5-22)33-18/h9-18,21-22,26-28H,4-5H2,1-3H3,(H,19,23)(H,20,24)(H,29,30)/t9-,10-,11-,12-,13+,14+,15-,16-,17-,18-/m1/s1. The highest BCUT2D eigenvalue weighted by atomic mass is 31.2. The average molecular weight is 546 g/mol. The molecule has 2 fully saturated rings. The molecule has 0 aromatic carbocycles. The molecule has 0 bridgehead atoms. The Labute approximate surface area is 204 Å². The smallest absolute Gasteiger partial charge is 0.457 e. The van der Waals surface area contributed by atoms with Gasteiger partial charge in [0, 0.05) is 20.8 Å². The van der Waals surface area contributed by atoms with Crippen LogP contribution in [0.15, 0.2) is 0 Å². The van der Waals surface area contributed by atoms with E-state index in [1.165, 1.54) is 0 Å². The van der Waals surface area contributed by atoms with Crippen LogP contribution < -0.4 is 10.6 Å². The lowest BCUT2D eigenvalue weighted by Gasteiger charge is -2.45. The molecule has 0 aliphatic carbocycles. The maximum absolute atomic E-state index is 12.9. The number of hydrogen-bond acceptors (Lipinski definition) is 14. The van der Waals surface area contributed by atoms with Crippen molar-refractivity contribution in [3.8, 4) is 0 Å². The van der Waals surface area contributed by atoms with E-state index in [4.69, 9.17) is 23.3 Å². The number of nitrogens with one attached hydrogen (secondary N) is 2. The Bertz CT molecular complexity index is 845. The molecule has 17 nitrogen and oxygen atoms in total. The van der Waals surface area contributed by atoms with Crippen LogP contribution in [-0.4, -0.2) is 123 Å². The summed E-state index contributed by atoms with van der Waals surface area (Å²) >= 11 is 0. The fraction of sp³-hybridized carbons (Fsp3) is 0.833. The summed E-state index contributed by atoms with van der Waals surface area (Å²) in [6.45, 7) is 1.41. The highest BCUT2D eigenvalue weighted by Gasteiger charge is 2.53. The maximum atomic E-state index is 12.9. The summed E-state index contributed by atoms with van der Waals surface area (Å²) < 4.78 is 38.3. The van der Waals surface area contributed by atoms with Gasteiger partial charge in [-0.2, -0.15) is 0 Å². The zero-order valence-electron chi connectivity index (χ0n) is 19.5. The van der Waals surface area contributed by atoms with E-state index in [0.717, 1.165) is 20.8 Å². The molecule has 2 aliphatic rings. The number of rotatable bonds is 9. The molecule has 2 aliphatic heterocycles. The minimum atomic E-state index is -5.35. The van der Waals surface area contributed by atoms with Crippen LogP contribution in [0.1, 0.15) is 20.8 Å². The number of amides is 2. The van der Waals surface area contributed by atoms with E-state index >= 15 is 0 Å². The second-order valence-corrected chi connectivity index (χ2v) is 9.48. The zero-order valence-corrected chi connectivity index (χ0v) is 20.4. The van der Waals surface area contributed by atoms with Crippen molar-refractivity contribution in [2.75, 3.05) is 13.2 Å². The fourth-order valence-corrected chi connectivity index (χ4v) is 4.84. The molecule has 18 heteroatoms. The Morgan fingerprint density at radius 3 is 1.83 bits per heavy atom. The van der Waals surface area contributed by atoms with Gasteiger partial charge < -0.3 is 55.3 Å². The van der Waals surface area contributed by atoms with Gasteiger partial charge in [0.25, 0.3) is 0 Å². The number of carbonyl (C=O) groups is 3. The Morgan fingerprint density at radius 1 is 0.833 bits per heavy atom. The van der Waals surface area contributed by atoms with Crippen LogP contribution in [0.2, 0.25) is 0 Å². The normalized spacial score (nSPS) is 38.5. The van der Waals surface area contributed by atoms with Gasteiger partial charge >= 0.3 is 13.8 Å². The minimum absolute atomic E-state index is 0.732. The minimum Gasteiger partial charge on any atom is -0.457 e. The molecule has 0 aromatic rings. The van der Waals surface area contributed by atoms with Crippen molar-refractivity contribution in [3.63, 3.8) is 0 Å². The van der Waals surface area contributed by atoms with Crippen molar-refractivity contribution in [2.45, 2.75) is 82.1 Å². The summed E-state index contributed by atoms with van der Waals surface area (Å²) in [5, 5.41) is 54.4. The monoisotopic (exact) mass is 546 g/mol. The molecule has 0 radical (unpaired) electrons. The molecule has 2 rings (SSSR count). The number of carbonyl (C=O) groups excluding carboxylic acids is 3. The molecule has 11 atom stereocenters. The number of aliphatic hydroxyl groups is 5. The first kappa shape index (κ1) is 30.5. The molecule has 0 spiro atoms. The van der Waals surface area contributed by atoms with Crippen LogP contribution in [0.25, 0.3) is 0 Å². The molecule has 208 valence electrons. The van der Waals surface area contributed by atoms with E-state index in [0.29, 0.717) is 0 Å². The van der Waals surface area contributed by atoms with Gasteiger partial charge in [-0.25, -0.2) is 4.57 Å². The van der Waals surface area contributed by atoms with E-state index in [-0.39, 0.29) is 0 Å². The summed E-state index contributed by atoms with van der Waals surface area (Å²) in [5.41, 5.74) is 0. The lowest BCUT2D eigenvalue weighted by Crippen LogP contribution is -2.66. The Kier molecular flexibility index (Phi) is 10.7. The number of ether oxygens (including phenoxy) is 3. The predicted molar refractivity (Wildman–Crippen MR) is 112 cm³/mol. The molecular formula is C18H31N2O15P. The third-order valence-corrected chi connectivity index (χ3v) is 6.24. The van der Waals surface area contributed by atoms with E-state index < -0.39 is 100 Å². The molecule has 0 saturated carbocycles. The van der Waals surface area contributed by atoms with Gasteiger partial charge in [-0.1, -0.05) is 0 Å². The van der Waals surface area contributed by atoms with Crippen LogP contribution in [-0.2, 0) is 42.2 Å². The first-order valence-electron chi connectivity index (χ1n) is 10.7. The number of aliphatic hydroxyl groups excluding tert-OH is 5.